The number of carbonyl (C=O) groups is 2. The topological polar surface area (TPSA) is 83.9 Å². The fourth-order valence-electron chi connectivity index (χ4n) is 4.63. The molecule has 7 nitrogen and oxygen atoms in total. The van der Waals surface area contributed by atoms with E-state index in [1.54, 1.807) is 6.07 Å². The van der Waals surface area contributed by atoms with Crippen LogP contribution >= 0.6 is 11.6 Å². The second-order valence-electron chi connectivity index (χ2n) is 8.52. The first kappa shape index (κ1) is 21.1. The number of aromatic nitrogens is 2. The number of amides is 2. The molecule has 2 amide bonds. The van der Waals surface area contributed by atoms with Crippen molar-refractivity contribution in [3.63, 3.8) is 0 Å². The smallest absolute Gasteiger partial charge is 0.274 e. The second kappa shape index (κ2) is 9.35. The number of nitrogens with two attached hydrogens (primary N) is 1. The van der Waals surface area contributed by atoms with Crippen LogP contribution in [0.15, 0.2) is 18.3 Å². The molecule has 0 bridgehead atoms. The first-order valence-corrected chi connectivity index (χ1v) is 11.4. The van der Waals surface area contributed by atoms with Crippen LogP contribution in [-0.4, -0.2) is 57.2 Å². The van der Waals surface area contributed by atoms with Gasteiger partial charge in [-0.25, -0.2) is 4.98 Å². The number of halogens is 1. The Morgan fingerprint density at radius 2 is 1.80 bits per heavy atom. The number of rotatable bonds is 4. The average Bonchev–Trinajstić information content (AvgIpc) is 3.05. The quantitative estimate of drug-likeness (QED) is 0.806. The zero-order valence-electron chi connectivity index (χ0n) is 17.4. The van der Waals surface area contributed by atoms with Crippen molar-refractivity contribution in [1.82, 2.24) is 19.2 Å². The third-order valence-electron chi connectivity index (χ3n) is 6.31. The Kier molecular flexibility index (Phi) is 6.58. The van der Waals surface area contributed by atoms with E-state index < -0.39 is 0 Å². The molecule has 1 atom stereocenters. The highest BCUT2D eigenvalue weighted by Crippen LogP contribution is 2.24. The molecule has 4 rings (SSSR count). The molecule has 2 N–H and O–H groups in total. The van der Waals surface area contributed by atoms with Crippen molar-refractivity contribution in [1.29, 1.82) is 0 Å². The molecule has 2 aliphatic heterocycles. The number of piperidine rings is 1. The Labute approximate surface area is 182 Å². The van der Waals surface area contributed by atoms with Gasteiger partial charge in [-0.3, -0.25) is 14.5 Å². The molecule has 1 unspecified atom stereocenters. The standard InChI is InChI=1S/C22H30ClN5O2/c23-17-8-9-19-25-20(22(30)27-11-4-2-1-3-5-12-27)18(28(19)14-17)15-26-10-6-7-16(13-26)21(24)29/h8-9,14,16H,1-7,10-13,15H2,(H2,24,29). The Morgan fingerprint density at radius 1 is 1.07 bits per heavy atom. The minimum atomic E-state index is -0.252. The van der Waals surface area contributed by atoms with E-state index in [1.807, 2.05) is 21.6 Å². The Bertz CT molecular complexity index is 920. The molecule has 2 aromatic heterocycles. The molecule has 30 heavy (non-hydrogen) atoms. The van der Waals surface area contributed by atoms with E-state index in [1.165, 1.54) is 19.3 Å². The lowest BCUT2D eigenvalue weighted by Gasteiger charge is -2.31. The summed E-state index contributed by atoms with van der Waals surface area (Å²) in [6.45, 7) is 3.58. The summed E-state index contributed by atoms with van der Waals surface area (Å²) in [5, 5.41) is 0.597. The van der Waals surface area contributed by atoms with Crippen LogP contribution in [-0.2, 0) is 11.3 Å². The van der Waals surface area contributed by atoms with Crippen molar-refractivity contribution in [3.05, 3.63) is 34.7 Å². The molecule has 2 aromatic rings. The van der Waals surface area contributed by atoms with Crippen LogP contribution in [0.2, 0.25) is 5.02 Å². The SMILES string of the molecule is NC(=O)C1CCCN(Cc2c(C(=O)N3CCCCCCC3)nc3ccc(Cl)cn23)C1. The van der Waals surface area contributed by atoms with Gasteiger partial charge < -0.3 is 15.0 Å². The summed E-state index contributed by atoms with van der Waals surface area (Å²) in [6.07, 6.45) is 9.21. The van der Waals surface area contributed by atoms with Gasteiger partial charge in [0, 0.05) is 32.4 Å². The molecule has 0 spiro atoms. The largest absolute Gasteiger partial charge is 0.369 e. The van der Waals surface area contributed by atoms with Crippen molar-refractivity contribution in [3.8, 4) is 0 Å². The first-order chi connectivity index (χ1) is 14.5. The molecule has 162 valence electrons. The fraction of sp³-hybridized carbons (Fsp3) is 0.591. The summed E-state index contributed by atoms with van der Waals surface area (Å²) in [5.41, 5.74) is 7.61. The van der Waals surface area contributed by atoms with E-state index in [0.29, 0.717) is 29.5 Å². The zero-order valence-corrected chi connectivity index (χ0v) is 18.1. The molecule has 2 aliphatic rings. The van der Waals surface area contributed by atoms with Crippen LogP contribution in [0.3, 0.4) is 0 Å². The summed E-state index contributed by atoms with van der Waals surface area (Å²) in [5.74, 6) is -0.400. The lowest BCUT2D eigenvalue weighted by molar-refractivity contribution is -0.123. The summed E-state index contributed by atoms with van der Waals surface area (Å²) in [6, 6.07) is 3.64. The Hall–Kier alpha value is -2.12. The number of pyridine rings is 1. The molecule has 0 aliphatic carbocycles. The Balaban J connectivity index is 1.65. The highest BCUT2D eigenvalue weighted by Gasteiger charge is 2.29. The zero-order chi connectivity index (χ0) is 21.1. The molecule has 2 saturated heterocycles. The van der Waals surface area contributed by atoms with E-state index in [0.717, 1.165) is 51.0 Å². The van der Waals surface area contributed by atoms with Crippen molar-refractivity contribution in [2.45, 2.75) is 51.5 Å². The second-order valence-corrected chi connectivity index (χ2v) is 8.96. The van der Waals surface area contributed by atoms with Gasteiger partial charge in [-0.1, -0.05) is 30.9 Å². The van der Waals surface area contributed by atoms with Gasteiger partial charge in [0.05, 0.1) is 16.6 Å². The number of imidazole rings is 1. The van der Waals surface area contributed by atoms with Gasteiger partial charge in [-0.05, 0) is 44.4 Å². The highest BCUT2D eigenvalue weighted by molar-refractivity contribution is 6.30. The van der Waals surface area contributed by atoms with Crippen LogP contribution < -0.4 is 5.73 Å². The van der Waals surface area contributed by atoms with Crippen LogP contribution in [0.5, 0.6) is 0 Å². The number of carbonyl (C=O) groups excluding carboxylic acids is 2. The maximum atomic E-state index is 13.5. The van der Waals surface area contributed by atoms with Gasteiger partial charge in [0.15, 0.2) is 5.69 Å². The van der Waals surface area contributed by atoms with E-state index in [4.69, 9.17) is 22.3 Å². The van der Waals surface area contributed by atoms with E-state index in [2.05, 4.69) is 4.90 Å². The van der Waals surface area contributed by atoms with Gasteiger partial charge in [0.1, 0.15) is 5.65 Å². The molecule has 0 radical (unpaired) electrons. The average molecular weight is 432 g/mol. The number of fused-ring (bicyclic) bond motifs is 1. The molecule has 4 heterocycles. The van der Waals surface area contributed by atoms with Crippen molar-refractivity contribution < 1.29 is 9.59 Å². The maximum absolute atomic E-state index is 13.5. The third kappa shape index (κ3) is 4.62. The lowest BCUT2D eigenvalue weighted by atomic mass is 9.97. The fourth-order valence-corrected chi connectivity index (χ4v) is 4.79. The number of hydrogen-bond donors (Lipinski definition) is 1. The first-order valence-electron chi connectivity index (χ1n) is 11.0. The van der Waals surface area contributed by atoms with Crippen molar-refractivity contribution in [2.75, 3.05) is 26.2 Å². The summed E-state index contributed by atoms with van der Waals surface area (Å²) in [7, 11) is 0. The molecular weight excluding hydrogens is 402 g/mol. The van der Waals surface area contributed by atoms with E-state index in [-0.39, 0.29) is 17.7 Å². The van der Waals surface area contributed by atoms with Gasteiger partial charge in [-0.2, -0.15) is 0 Å². The molecule has 8 heteroatoms. The van der Waals surface area contributed by atoms with Gasteiger partial charge >= 0.3 is 0 Å². The van der Waals surface area contributed by atoms with Gasteiger partial charge in [0.2, 0.25) is 5.91 Å². The third-order valence-corrected chi connectivity index (χ3v) is 6.53. The minimum absolute atomic E-state index is 0.00446. The Morgan fingerprint density at radius 3 is 2.53 bits per heavy atom. The number of hydrogen-bond acceptors (Lipinski definition) is 4. The van der Waals surface area contributed by atoms with Crippen LogP contribution in [0.1, 0.15) is 61.1 Å². The normalized spacial score (nSPS) is 21.4. The minimum Gasteiger partial charge on any atom is -0.369 e. The highest BCUT2D eigenvalue weighted by atomic mass is 35.5. The van der Waals surface area contributed by atoms with Gasteiger partial charge in [-0.15, -0.1) is 0 Å². The van der Waals surface area contributed by atoms with E-state index >= 15 is 0 Å². The summed E-state index contributed by atoms with van der Waals surface area (Å²) in [4.78, 5) is 34.0. The maximum Gasteiger partial charge on any atom is 0.274 e. The molecule has 0 saturated carbocycles. The van der Waals surface area contributed by atoms with Crippen LogP contribution in [0.25, 0.3) is 5.65 Å². The number of nitrogens with zero attached hydrogens (tertiary/aromatic N) is 4. The van der Waals surface area contributed by atoms with Crippen LogP contribution in [0, 0.1) is 5.92 Å². The van der Waals surface area contributed by atoms with Crippen molar-refractivity contribution >= 4 is 29.1 Å². The predicted molar refractivity (Wildman–Crippen MR) is 116 cm³/mol. The molecule has 2 fully saturated rings. The van der Waals surface area contributed by atoms with E-state index in [9.17, 15) is 9.59 Å². The van der Waals surface area contributed by atoms with Crippen molar-refractivity contribution in [2.24, 2.45) is 11.7 Å². The summed E-state index contributed by atoms with van der Waals surface area (Å²) < 4.78 is 1.92. The monoisotopic (exact) mass is 431 g/mol. The predicted octanol–water partition coefficient (Wildman–Crippen LogP) is 3.09. The lowest BCUT2D eigenvalue weighted by Crippen LogP contribution is -2.41. The van der Waals surface area contributed by atoms with Gasteiger partial charge in [0.25, 0.3) is 5.91 Å². The molecular formula is C22H30ClN5O2. The number of primary amides is 1. The summed E-state index contributed by atoms with van der Waals surface area (Å²) >= 11 is 6.26. The number of likely N-dealkylation sites (tertiary alicyclic amines) is 2. The van der Waals surface area contributed by atoms with Crippen LogP contribution in [0.4, 0.5) is 0 Å². The molecule has 0 aromatic carbocycles.